The second-order valence-corrected chi connectivity index (χ2v) is 6.17. The van der Waals surface area contributed by atoms with Gasteiger partial charge in [-0.05, 0) is 32.8 Å². The molecule has 1 atom stereocenters. The molecule has 7 heteroatoms. The van der Waals surface area contributed by atoms with Crippen molar-refractivity contribution in [1.82, 2.24) is 10.6 Å². The Morgan fingerprint density at radius 3 is 2.48 bits per heavy atom. The normalized spacial score (nSPS) is 16.8. The maximum atomic E-state index is 14.3. The zero-order chi connectivity index (χ0) is 18.4. The fraction of sp³-hybridized carbons (Fsp3) is 0.500. The molecule has 3 amide bonds. The summed E-state index contributed by atoms with van der Waals surface area (Å²) in [7, 11) is 0. The number of hydrogen-bond donors (Lipinski definition) is 2. The van der Waals surface area contributed by atoms with Gasteiger partial charge in [0.1, 0.15) is 5.82 Å². The molecule has 136 valence electrons. The SMILES string of the molecule is CCNC(=O)NC(=O)C(C)OC(=O)C1(c2ccccc2F)CCCC1. The van der Waals surface area contributed by atoms with Gasteiger partial charge in [-0.3, -0.25) is 14.9 Å². The van der Waals surface area contributed by atoms with Crippen LogP contribution in [0.5, 0.6) is 0 Å². The summed E-state index contributed by atoms with van der Waals surface area (Å²) in [5.74, 6) is -1.81. The number of imide groups is 1. The highest BCUT2D eigenvalue weighted by molar-refractivity contribution is 5.97. The summed E-state index contributed by atoms with van der Waals surface area (Å²) < 4.78 is 19.5. The minimum Gasteiger partial charge on any atom is -0.452 e. The smallest absolute Gasteiger partial charge is 0.321 e. The van der Waals surface area contributed by atoms with Crippen molar-refractivity contribution in [3.05, 3.63) is 35.6 Å². The second kappa shape index (κ2) is 8.09. The van der Waals surface area contributed by atoms with Crippen LogP contribution in [0.15, 0.2) is 24.3 Å². The molecule has 0 saturated heterocycles. The van der Waals surface area contributed by atoms with Gasteiger partial charge in [0, 0.05) is 12.1 Å². The van der Waals surface area contributed by atoms with Gasteiger partial charge in [0.25, 0.3) is 5.91 Å². The summed E-state index contributed by atoms with van der Waals surface area (Å²) in [6.07, 6.45) is 1.35. The summed E-state index contributed by atoms with van der Waals surface area (Å²) in [5, 5.41) is 4.52. The lowest BCUT2D eigenvalue weighted by Crippen LogP contribution is -2.46. The summed E-state index contributed by atoms with van der Waals surface area (Å²) >= 11 is 0. The number of benzene rings is 1. The number of carbonyl (C=O) groups is 3. The molecule has 2 N–H and O–H groups in total. The lowest BCUT2D eigenvalue weighted by molar-refractivity contribution is -0.160. The third kappa shape index (κ3) is 4.15. The molecule has 25 heavy (non-hydrogen) atoms. The molecule has 0 aliphatic heterocycles. The number of urea groups is 1. The van der Waals surface area contributed by atoms with Gasteiger partial charge < -0.3 is 10.1 Å². The van der Waals surface area contributed by atoms with E-state index in [9.17, 15) is 18.8 Å². The van der Waals surface area contributed by atoms with Crippen LogP contribution in [0.1, 0.15) is 45.1 Å². The molecule has 0 aromatic heterocycles. The Morgan fingerprint density at radius 2 is 1.88 bits per heavy atom. The Labute approximate surface area is 146 Å². The molecule has 0 bridgehead atoms. The molecule has 1 aromatic rings. The van der Waals surface area contributed by atoms with Crippen LogP contribution >= 0.6 is 0 Å². The van der Waals surface area contributed by atoms with Crippen molar-refractivity contribution >= 4 is 17.9 Å². The minimum absolute atomic E-state index is 0.300. The van der Waals surface area contributed by atoms with E-state index in [4.69, 9.17) is 4.74 Å². The van der Waals surface area contributed by atoms with Crippen LogP contribution < -0.4 is 10.6 Å². The first kappa shape index (κ1) is 18.9. The zero-order valence-corrected chi connectivity index (χ0v) is 14.4. The van der Waals surface area contributed by atoms with Crippen LogP contribution in [0.2, 0.25) is 0 Å². The molecular formula is C18H23FN2O4. The van der Waals surface area contributed by atoms with Gasteiger partial charge in [-0.15, -0.1) is 0 Å². The molecule has 0 radical (unpaired) electrons. The minimum atomic E-state index is -1.15. The van der Waals surface area contributed by atoms with E-state index in [-0.39, 0.29) is 0 Å². The maximum Gasteiger partial charge on any atom is 0.321 e. The predicted octanol–water partition coefficient (Wildman–Crippen LogP) is 2.41. The lowest BCUT2D eigenvalue weighted by Gasteiger charge is -2.29. The van der Waals surface area contributed by atoms with Crippen LogP contribution in [0, 0.1) is 5.82 Å². The summed E-state index contributed by atoms with van der Waals surface area (Å²) in [4.78, 5) is 36.1. The summed E-state index contributed by atoms with van der Waals surface area (Å²) in [6, 6.07) is 5.49. The van der Waals surface area contributed by atoms with E-state index in [2.05, 4.69) is 10.6 Å². The van der Waals surface area contributed by atoms with Gasteiger partial charge in [-0.2, -0.15) is 0 Å². The third-order valence-corrected chi connectivity index (χ3v) is 4.46. The quantitative estimate of drug-likeness (QED) is 0.799. The van der Waals surface area contributed by atoms with E-state index >= 15 is 0 Å². The van der Waals surface area contributed by atoms with Crippen molar-refractivity contribution in [2.24, 2.45) is 0 Å². The molecule has 1 unspecified atom stereocenters. The molecule has 1 aromatic carbocycles. The van der Waals surface area contributed by atoms with Crippen molar-refractivity contribution in [2.45, 2.75) is 51.0 Å². The monoisotopic (exact) mass is 350 g/mol. The number of rotatable bonds is 5. The first-order valence-electron chi connectivity index (χ1n) is 8.45. The Balaban J connectivity index is 2.12. The van der Waals surface area contributed by atoms with E-state index in [0.29, 0.717) is 24.9 Å². The van der Waals surface area contributed by atoms with E-state index in [1.54, 1.807) is 25.1 Å². The molecule has 1 aliphatic carbocycles. The predicted molar refractivity (Wildman–Crippen MR) is 89.3 cm³/mol. The van der Waals surface area contributed by atoms with Gasteiger partial charge >= 0.3 is 12.0 Å². The molecule has 1 fully saturated rings. The Morgan fingerprint density at radius 1 is 1.24 bits per heavy atom. The maximum absolute atomic E-state index is 14.3. The number of amides is 3. The van der Waals surface area contributed by atoms with E-state index in [0.717, 1.165) is 12.8 Å². The number of halogens is 1. The van der Waals surface area contributed by atoms with Crippen molar-refractivity contribution in [1.29, 1.82) is 0 Å². The van der Waals surface area contributed by atoms with Gasteiger partial charge in [-0.25, -0.2) is 9.18 Å². The van der Waals surface area contributed by atoms with Crippen LogP contribution in [-0.4, -0.2) is 30.6 Å². The molecular weight excluding hydrogens is 327 g/mol. The number of hydrogen-bond acceptors (Lipinski definition) is 4. The largest absolute Gasteiger partial charge is 0.452 e. The first-order valence-corrected chi connectivity index (χ1v) is 8.45. The highest BCUT2D eigenvalue weighted by Gasteiger charge is 2.46. The highest BCUT2D eigenvalue weighted by atomic mass is 19.1. The molecule has 0 spiro atoms. The zero-order valence-electron chi connectivity index (χ0n) is 14.4. The van der Waals surface area contributed by atoms with E-state index in [1.165, 1.54) is 13.0 Å². The van der Waals surface area contributed by atoms with E-state index < -0.39 is 35.2 Å². The molecule has 0 heterocycles. The van der Waals surface area contributed by atoms with Gasteiger partial charge in [0.05, 0.1) is 5.41 Å². The average Bonchev–Trinajstić information content (AvgIpc) is 3.06. The van der Waals surface area contributed by atoms with Crippen molar-refractivity contribution in [3.8, 4) is 0 Å². The fourth-order valence-electron chi connectivity index (χ4n) is 3.16. The number of nitrogens with one attached hydrogen (secondary N) is 2. The van der Waals surface area contributed by atoms with Crippen LogP contribution in [0.4, 0.5) is 9.18 Å². The van der Waals surface area contributed by atoms with Gasteiger partial charge in [0.2, 0.25) is 0 Å². The number of esters is 1. The Hall–Kier alpha value is -2.44. The Bertz CT molecular complexity index is 656. The van der Waals surface area contributed by atoms with Gasteiger partial charge in [0.15, 0.2) is 6.10 Å². The molecule has 2 rings (SSSR count). The average molecular weight is 350 g/mol. The summed E-state index contributed by atoms with van der Waals surface area (Å²) in [5.41, 5.74) is -0.778. The second-order valence-electron chi connectivity index (χ2n) is 6.17. The van der Waals surface area contributed by atoms with Crippen molar-refractivity contribution in [2.75, 3.05) is 6.54 Å². The van der Waals surface area contributed by atoms with Crippen molar-refractivity contribution in [3.63, 3.8) is 0 Å². The number of carbonyl (C=O) groups excluding carboxylic acids is 3. The topological polar surface area (TPSA) is 84.5 Å². The first-order chi connectivity index (χ1) is 11.9. The highest BCUT2D eigenvalue weighted by Crippen LogP contribution is 2.43. The molecule has 6 nitrogen and oxygen atoms in total. The Kier molecular flexibility index (Phi) is 6.12. The number of ether oxygens (including phenoxy) is 1. The van der Waals surface area contributed by atoms with Crippen LogP contribution in [0.25, 0.3) is 0 Å². The van der Waals surface area contributed by atoms with E-state index in [1.807, 2.05) is 0 Å². The van der Waals surface area contributed by atoms with Gasteiger partial charge in [-0.1, -0.05) is 31.0 Å². The fourth-order valence-corrected chi connectivity index (χ4v) is 3.16. The summed E-state index contributed by atoms with van der Waals surface area (Å²) in [6.45, 7) is 3.46. The molecule has 1 aliphatic rings. The standard InChI is InChI=1S/C18H23FN2O4/c1-3-20-17(24)21-15(22)12(2)25-16(23)18(10-6-7-11-18)13-8-4-5-9-14(13)19/h4-5,8-9,12H,3,6-7,10-11H2,1-2H3,(H2,20,21,22,24). The van der Waals surface area contributed by atoms with Crippen LogP contribution in [-0.2, 0) is 19.7 Å². The molecule has 1 saturated carbocycles. The van der Waals surface area contributed by atoms with Crippen LogP contribution in [0.3, 0.4) is 0 Å². The lowest BCUT2D eigenvalue weighted by atomic mass is 9.78. The van der Waals surface area contributed by atoms with Crippen molar-refractivity contribution < 1.29 is 23.5 Å². The third-order valence-electron chi connectivity index (χ3n) is 4.46.